The van der Waals surface area contributed by atoms with Crippen LogP contribution >= 0.6 is 11.3 Å². The first-order valence-corrected chi connectivity index (χ1v) is 12.9. The number of imidazole rings is 1. The Morgan fingerprint density at radius 2 is 1.91 bits per heavy atom. The SMILES string of the molecule is O=C1CCCN1CCCN1C[C@H](OCc2ccccc2)CN(C(=O)c2cn3ccsc3n2)CC1=O. The van der Waals surface area contributed by atoms with Crippen LogP contribution in [-0.2, 0) is 20.9 Å². The quantitative estimate of drug-likeness (QED) is 0.479. The second-order valence-corrected chi connectivity index (χ2v) is 9.87. The number of fused-ring (bicyclic) bond motifs is 1. The van der Waals surface area contributed by atoms with Crippen molar-refractivity contribution in [3.05, 3.63) is 59.4 Å². The summed E-state index contributed by atoms with van der Waals surface area (Å²) < 4.78 is 8.02. The summed E-state index contributed by atoms with van der Waals surface area (Å²) in [5, 5.41) is 1.91. The number of carbonyl (C=O) groups excluding carboxylic acids is 3. The molecule has 5 rings (SSSR count). The number of rotatable bonds is 8. The monoisotopic (exact) mass is 495 g/mol. The summed E-state index contributed by atoms with van der Waals surface area (Å²) in [6.45, 7) is 3.06. The van der Waals surface area contributed by atoms with Crippen molar-refractivity contribution in [3.8, 4) is 0 Å². The Hall–Kier alpha value is -3.24. The van der Waals surface area contributed by atoms with Gasteiger partial charge in [0.1, 0.15) is 12.2 Å². The van der Waals surface area contributed by atoms with Crippen LogP contribution in [0, 0.1) is 0 Å². The smallest absolute Gasteiger partial charge is 0.274 e. The normalized spacial score (nSPS) is 19.1. The third-order valence-electron chi connectivity index (χ3n) is 6.48. The van der Waals surface area contributed by atoms with E-state index in [2.05, 4.69) is 4.98 Å². The number of carbonyl (C=O) groups is 3. The van der Waals surface area contributed by atoms with E-state index in [1.807, 2.05) is 51.2 Å². The maximum atomic E-state index is 13.3. The zero-order chi connectivity index (χ0) is 24.2. The summed E-state index contributed by atoms with van der Waals surface area (Å²) >= 11 is 1.46. The molecule has 2 aromatic heterocycles. The highest BCUT2D eigenvalue weighted by atomic mass is 32.1. The number of hydrogen-bond acceptors (Lipinski definition) is 6. The van der Waals surface area contributed by atoms with E-state index in [9.17, 15) is 14.4 Å². The first-order valence-electron chi connectivity index (χ1n) is 12.0. The first kappa shape index (κ1) is 23.5. The molecule has 4 heterocycles. The van der Waals surface area contributed by atoms with E-state index < -0.39 is 0 Å². The number of aromatic nitrogens is 2. The molecule has 0 saturated carbocycles. The van der Waals surface area contributed by atoms with Gasteiger partial charge in [-0.15, -0.1) is 11.3 Å². The van der Waals surface area contributed by atoms with Crippen LogP contribution in [0.25, 0.3) is 4.96 Å². The molecule has 0 radical (unpaired) electrons. The molecule has 3 aromatic rings. The van der Waals surface area contributed by atoms with E-state index in [0.29, 0.717) is 51.3 Å². The fourth-order valence-electron chi connectivity index (χ4n) is 4.63. The van der Waals surface area contributed by atoms with Gasteiger partial charge in [-0.05, 0) is 18.4 Å². The van der Waals surface area contributed by atoms with Crippen LogP contribution in [0.4, 0.5) is 0 Å². The van der Waals surface area contributed by atoms with Gasteiger partial charge in [-0.1, -0.05) is 30.3 Å². The Labute approximate surface area is 207 Å². The zero-order valence-corrected chi connectivity index (χ0v) is 20.4. The molecule has 1 atom stereocenters. The van der Waals surface area contributed by atoms with Crippen molar-refractivity contribution >= 4 is 34.0 Å². The molecule has 35 heavy (non-hydrogen) atoms. The third-order valence-corrected chi connectivity index (χ3v) is 7.25. The summed E-state index contributed by atoms with van der Waals surface area (Å²) in [6, 6.07) is 9.86. The summed E-state index contributed by atoms with van der Waals surface area (Å²) in [5.74, 6) is -0.196. The van der Waals surface area contributed by atoms with E-state index >= 15 is 0 Å². The van der Waals surface area contributed by atoms with E-state index in [4.69, 9.17) is 4.74 Å². The molecule has 184 valence electrons. The number of amides is 3. The second kappa shape index (κ2) is 10.6. The van der Waals surface area contributed by atoms with Gasteiger partial charge < -0.3 is 19.4 Å². The molecule has 3 amide bonds. The molecule has 2 aliphatic heterocycles. The van der Waals surface area contributed by atoms with Crippen molar-refractivity contribution in [1.29, 1.82) is 0 Å². The van der Waals surface area contributed by atoms with Gasteiger partial charge in [0.15, 0.2) is 4.96 Å². The Balaban J connectivity index is 1.28. The van der Waals surface area contributed by atoms with Crippen molar-refractivity contribution < 1.29 is 19.1 Å². The van der Waals surface area contributed by atoms with Crippen LogP contribution in [0.3, 0.4) is 0 Å². The van der Waals surface area contributed by atoms with Gasteiger partial charge in [0, 0.05) is 56.9 Å². The predicted octanol–water partition coefficient (Wildman–Crippen LogP) is 2.28. The number of benzene rings is 1. The molecule has 0 aliphatic carbocycles. The van der Waals surface area contributed by atoms with E-state index in [0.717, 1.165) is 23.5 Å². The van der Waals surface area contributed by atoms with Gasteiger partial charge >= 0.3 is 0 Å². The molecule has 0 unspecified atom stereocenters. The summed E-state index contributed by atoms with van der Waals surface area (Å²) in [7, 11) is 0. The van der Waals surface area contributed by atoms with Crippen molar-refractivity contribution in [2.45, 2.75) is 32.0 Å². The van der Waals surface area contributed by atoms with Gasteiger partial charge in [0.2, 0.25) is 11.8 Å². The molecular weight excluding hydrogens is 466 g/mol. The van der Waals surface area contributed by atoms with Crippen LogP contribution in [-0.4, -0.2) is 87.2 Å². The second-order valence-electron chi connectivity index (χ2n) is 9.00. The lowest BCUT2D eigenvalue weighted by Crippen LogP contribution is -2.40. The molecule has 9 nitrogen and oxygen atoms in total. The van der Waals surface area contributed by atoms with Crippen LogP contribution in [0.15, 0.2) is 48.1 Å². The third kappa shape index (κ3) is 5.54. The van der Waals surface area contributed by atoms with Gasteiger partial charge in [-0.2, -0.15) is 0 Å². The van der Waals surface area contributed by atoms with Crippen LogP contribution in [0.5, 0.6) is 0 Å². The summed E-state index contributed by atoms with van der Waals surface area (Å²) in [5.41, 5.74) is 1.36. The minimum Gasteiger partial charge on any atom is -0.370 e. The average Bonchev–Trinajstić information content (AvgIpc) is 3.55. The van der Waals surface area contributed by atoms with Crippen LogP contribution in [0.1, 0.15) is 35.3 Å². The first-order chi connectivity index (χ1) is 17.1. The Kier molecular flexibility index (Phi) is 7.10. The maximum Gasteiger partial charge on any atom is 0.274 e. The van der Waals surface area contributed by atoms with E-state index in [-0.39, 0.29) is 30.4 Å². The van der Waals surface area contributed by atoms with Crippen LogP contribution < -0.4 is 0 Å². The van der Waals surface area contributed by atoms with Gasteiger partial charge in [0.25, 0.3) is 5.91 Å². The van der Waals surface area contributed by atoms with Crippen molar-refractivity contribution in [1.82, 2.24) is 24.1 Å². The number of ether oxygens (including phenoxy) is 1. The topological polar surface area (TPSA) is 87.5 Å². The highest BCUT2D eigenvalue weighted by molar-refractivity contribution is 7.15. The Morgan fingerprint density at radius 3 is 2.69 bits per heavy atom. The fraction of sp³-hybridized carbons (Fsp3) is 0.440. The largest absolute Gasteiger partial charge is 0.370 e. The molecule has 2 fully saturated rings. The molecule has 2 saturated heterocycles. The molecular formula is C25H29N5O4S. The Morgan fingerprint density at radius 1 is 1.09 bits per heavy atom. The van der Waals surface area contributed by atoms with Gasteiger partial charge in [0.05, 0.1) is 12.7 Å². The number of nitrogens with zero attached hydrogens (tertiary/aromatic N) is 5. The molecule has 0 N–H and O–H groups in total. The lowest BCUT2D eigenvalue weighted by molar-refractivity contribution is -0.131. The fourth-order valence-corrected chi connectivity index (χ4v) is 5.33. The van der Waals surface area contributed by atoms with E-state index in [1.165, 1.54) is 11.3 Å². The standard InChI is InChI=1S/C25H29N5O4S/c31-22-8-4-9-27(22)10-5-11-28-14-20(34-18-19-6-2-1-3-7-19)15-30(17-23(28)32)24(33)21-16-29-12-13-35-25(29)26-21/h1-3,6-7,12-13,16,20H,4-5,8-11,14-15,17-18H2/t20-/m0/s1. The number of thiazole rings is 1. The molecule has 0 spiro atoms. The number of hydrogen-bond donors (Lipinski definition) is 0. The summed E-state index contributed by atoms with van der Waals surface area (Å²) in [4.78, 5) is 48.7. The average molecular weight is 496 g/mol. The minimum absolute atomic E-state index is 0.0160. The molecule has 10 heteroatoms. The maximum absolute atomic E-state index is 13.3. The Bertz CT molecular complexity index is 1160. The lowest BCUT2D eigenvalue weighted by Gasteiger charge is -2.25. The molecule has 2 aliphatic rings. The van der Waals surface area contributed by atoms with E-state index in [1.54, 1.807) is 16.0 Å². The summed E-state index contributed by atoms with van der Waals surface area (Å²) in [6.07, 6.45) is 5.45. The van der Waals surface area contributed by atoms with Crippen molar-refractivity contribution in [2.24, 2.45) is 0 Å². The zero-order valence-electron chi connectivity index (χ0n) is 19.5. The number of likely N-dealkylation sites (tertiary alicyclic amines) is 1. The molecule has 0 bridgehead atoms. The highest BCUT2D eigenvalue weighted by Crippen LogP contribution is 2.17. The minimum atomic E-state index is -0.331. The van der Waals surface area contributed by atoms with Crippen molar-refractivity contribution in [2.75, 3.05) is 39.3 Å². The lowest BCUT2D eigenvalue weighted by atomic mass is 10.2. The predicted molar refractivity (Wildman–Crippen MR) is 131 cm³/mol. The highest BCUT2D eigenvalue weighted by Gasteiger charge is 2.32. The van der Waals surface area contributed by atoms with Crippen molar-refractivity contribution in [3.63, 3.8) is 0 Å². The van der Waals surface area contributed by atoms with Gasteiger partial charge in [-0.25, -0.2) is 4.98 Å². The molecule has 1 aromatic carbocycles. The van der Waals surface area contributed by atoms with Gasteiger partial charge in [-0.3, -0.25) is 18.8 Å². The van der Waals surface area contributed by atoms with Crippen LogP contribution in [0.2, 0.25) is 0 Å².